The molecule has 2 aromatic carbocycles. The normalized spacial score (nSPS) is 13.4. The summed E-state index contributed by atoms with van der Waals surface area (Å²) in [5.41, 5.74) is 6.50. The Hall–Kier alpha value is -1.70. The summed E-state index contributed by atoms with van der Waals surface area (Å²) in [6, 6.07) is 14.4. The van der Waals surface area contributed by atoms with Gasteiger partial charge in [0.1, 0.15) is 0 Å². The highest BCUT2D eigenvalue weighted by Gasteiger charge is 2.26. The van der Waals surface area contributed by atoms with Gasteiger partial charge in [-0.1, -0.05) is 36.4 Å². The van der Waals surface area contributed by atoms with Gasteiger partial charge in [0.25, 0.3) is 0 Å². The van der Waals surface area contributed by atoms with Gasteiger partial charge in [-0.3, -0.25) is 4.79 Å². The van der Waals surface area contributed by atoms with Gasteiger partial charge in [0, 0.05) is 10.0 Å². The minimum Gasteiger partial charge on any atom is -0.369 e. The maximum absolute atomic E-state index is 12.7. The Morgan fingerprint density at radius 1 is 1.15 bits per heavy atom. The van der Waals surface area contributed by atoms with Crippen molar-refractivity contribution in [2.75, 3.05) is 0 Å². The van der Waals surface area contributed by atoms with Crippen LogP contribution in [0.4, 0.5) is 0 Å². The first kappa shape index (κ1) is 20.6. The number of amides is 1. The van der Waals surface area contributed by atoms with Crippen molar-refractivity contribution >= 4 is 31.9 Å². The van der Waals surface area contributed by atoms with Gasteiger partial charge in [-0.25, -0.2) is 13.1 Å². The fourth-order valence-electron chi connectivity index (χ4n) is 2.63. The lowest BCUT2D eigenvalue weighted by Gasteiger charge is -2.22. The Labute approximate surface area is 163 Å². The van der Waals surface area contributed by atoms with Gasteiger partial charge >= 0.3 is 0 Å². The summed E-state index contributed by atoms with van der Waals surface area (Å²) in [5.74, 6) is -1.11. The first-order chi connectivity index (χ1) is 12.0. The molecule has 0 fully saturated rings. The zero-order chi connectivity index (χ0) is 19.5. The van der Waals surface area contributed by atoms with E-state index in [-0.39, 0.29) is 4.90 Å². The molecule has 3 N–H and O–H groups in total. The van der Waals surface area contributed by atoms with Crippen LogP contribution in [0.5, 0.6) is 0 Å². The molecule has 0 aromatic heterocycles. The van der Waals surface area contributed by atoms with Crippen LogP contribution in [0, 0.1) is 0 Å². The molecule has 26 heavy (non-hydrogen) atoms. The molecule has 0 aliphatic rings. The Balaban J connectivity index is 2.44. The van der Waals surface area contributed by atoms with Crippen LogP contribution < -0.4 is 10.5 Å². The van der Waals surface area contributed by atoms with Crippen LogP contribution in [-0.4, -0.2) is 19.9 Å². The highest BCUT2D eigenvalue weighted by Crippen LogP contribution is 2.29. The molecule has 0 aliphatic heterocycles. The number of sulfonamides is 1. The summed E-state index contributed by atoms with van der Waals surface area (Å²) in [4.78, 5) is 12.1. The van der Waals surface area contributed by atoms with Crippen LogP contribution >= 0.6 is 15.9 Å². The fraction of sp³-hybridized carbons (Fsp3) is 0.316. The highest BCUT2D eigenvalue weighted by atomic mass is 79.9. The van der Waals surface area contributed by atoms with Gasteiger partial charge in [0.15, 0.2) is 0 Å². The van der Waals surface area contributed by atoms with Crippen LogP contribution in [-0.2, 0) is 21.2 Å². The lowest BCUT2D eigenvalue weighted by molar-refractivity contribution is -0.119. The van der Waals surface area contributed by atoms with Crippen LogP contribution in [0.2, 0.25) is 0 Å². The van der Waals surface area contributed by atoms with E-state index in [1.54, 1.807) is 32.9 Å². The summed E-state index contributed by atoms with van der Waals surface area (Å²) in [5, 5.41) is 0. The number of halogens is 1. The number of nitrogens with two attached hydrogens (primary N) is 1. The second-order valence-corrected chi connectivity index (χ2v) is 9.70. The molecule has 0 radical (unpaired) electrons. The predicted octanol–water partition coefficient (Wildman–Crippen LogP) is 3.34. The van der Waals surface area contributed by atoms with Crippen molar-refractivity contribution in [3.63, 3.8) is 0 Å². The number of hydrogen-bond donors (Lipinski definition) is 2. The van der Waals surface area contributed by atoms with Crippen LogP contribution in [0.15, 0.2) is 57.9 Å². The molecule has 0 heterocycles. The van der Waals surface area contributed by atoms with Crippen molar-refractivity contribution in [1.82, 2.24) is 4.72 Å². The molecular formula is C19H23BrN2O3S. The molecule has 1 atom stereocenters. The summed E-state index contributed by atoms with van der Waals surface area (Å²) in [6.07, 6.45) is 0.407. The molecule has 1 amide bonds. The fourth-order valence-corrected chi connectivity index (χ4v) is 5.05. The maximum Gasteiger partial charge on any atom is 0.242 e. The minimum atomic E-state index is -3.75. The molecule has 2 aromatic rings. The Bertz CT molecular complexity index is 891. The summed E-state index contributed by atoms with van der Waals surface area (Å²) in [6.45, 7) is 5.30. The molecule has 2 rings (SSSR count). The van der Waals surface area contributed by atoms with Gasteiger partial charge in [-0.2, -0.15) is 0 Å². The third-order valence-corrected chi connectivity index (χ3v) is 6.47. The van der Waals surface area contributed by atoms with Crippen LogP contribution in [0.1, 0.15) is 37.8 Å². The zero-order valence-corrected chi connectivity index (χ0v) is 17.4. The van der Waals surface area contributed by atoms with Crippen molar-refractivity contribution in [2.45, 2.75) is 43.5 Å². The minimum absolute atomic E-state index is 0.0873. The second kappa shape index (κ2) is 7.90. The first-order valence-electron chi connectivity index (χ1n) is 8.16. The highest BCUT2D eigenvalue weighted by molar-refractivity contribution is 9.10. The van der Waals surface area contributed by atoms with Crippen molar-refractivity contribution in [1.29, 1.82) is 0 Å². The van der Waals surface area contributed by atoms with Gasteiger partial charge in [-0.15, -0.1) is 0 Å². The van der Waals surface area contributed by atoms with E-state index in [4.69, 9.17) is 5.73 Å². The largest absolute Gasteiger partial charge is 0.369 e. The third-order valence-electron chi connectivity index (χ3n) is 3.71. The van der Waals surface area contributed by atoms with Crippen LogP contribution in [0.25, 0.3) is 0 Å². The average molecular weight is 439 g/mol. The number of hydrogen-bond acceptors (Lipinski definition) is 3. The first-order valence-corrected chi connectivity index (χ1v) is 10.4. The van der Waals surface area contributed by atoms with Crippen molar-refractivity contribution < 1.29 is 13.2 Å². The molecule has 7 heteroatoms. The number of nitrogens with one attached hydrogen (secondary N) is 1. The smallest absolute Gasteiger partial charge is 0.242 e. The monoisotopic (exact) mass is 438 g/mol. The molecular weight excluding hydrogens is 416 g/mol. The molecule has 0 saturated carbocycles. The van der Waals surface area contributed by atoms with Crippen molar-refractivity contribution in [2.24, 2.45) is 5.73 Å². The molecule has 5 nitrogen and oxygen atoms in total. The van der Waals surface area contributed by atoms with E-state index < -0.39 is 27.4 Å². The van der Waals surface area contributed by atoms with Crippen molar-refractivity contribution in [3.8, 4) is 0 Å². The third kappa shape index (κ3) is 5.40. The second-order valence-electron chi connectivity index (χ2n) is 7.19. The van der Waals surface area contributed by atoms with E-state index in [2.05, 4.69) is 20.7 Å². The van der Waals surface area contributed by atoms with E-state index in [1.165, 1.54) is 6.07 Å². The molecule has 140 valence electrons. The summed E-state index contributed by atoms with van der Waals surface area (Å²) < 4.78 is 28.5. The Morgan fingerprint density at radius 2 is 1.77 bits per heavy atom. The SMILES string of the molecule is CC(C)(C)NS(=O)(=O)c1cc(C(Cc2ccccc2)C(N)=O)ccc1Br. The lowest BCUT2D eigenvalue weighted by atomic mass is 9.91. The summed E-state index contributed by atoms with van der Waals surface area (Å²) >= 11 is 3.29. The van der Waals surface area contributed by atoms with E-state index >= 15 is 0 Å². The van der Waals surface area contributed by atoms with E-state index in [0.717, 1.165) is 5.56 Å². The molecule has 0 bridgehead atoms. The standard InChI is InChI=1S/C19H23BrN2O3S/c1-19(2,3)22-26(24,25)17-12-14(9-10-16(17)20)15(18(21)23)11-13-7-5-4-6-8-13/h4-10,12,15,22H,11H2,1-3H3,(H2,21,23). The number of benzene rings is 2. The molecule has 1 unspecified atom stereocenters. The van der Waals surface area contributed by atoms with E-state index in [1.807, 2.05) is 30.3 Å². The zero-order valence-electron chi connectivity index (χ0n) is 15.0. The Kier molecular flexibility index (Phi) is 6.26. The lowest BCUT2D eigenvalue weighted by Crippen LogP contribution is -2.40. The molecule has 0 saturated heterocycles. The predicted molar refractivity (Wildman–Crippen MR) is 106 cm³/mol. The number of primary amides is 1. The number of carbonyl (C=O) groups excluding carboxylic acids is 1. The summed E-state index contributed by atoms with van der Waals surface area (Å²) in [7, 11) is -3.75. The van der Waals surface area contributed by atoms with Gasteiger partial charge in [0.05, 0.1) is 10.8 Å². The molecule has 0 aliphatic carbocycles. The van der Waals surface area contributed by atoms with Crippen LogP contribution in [0.3, 0.4) is 0 Å². The van der Waals surface area contributed by atoms with Gasteiger partial charge in [-0.05, 0) is 66.4 Å². The van der Waals surface area contributed by atoms with Gasteiger partial charge in [0.2, 0.25) is 15.9 Å². The van der Waals surface area contributed by atoms with E-state index in [0.29, 0.717) is 16.5 Å². The van der Waals surface area contributed by atoms with Crippen molar-refractivity contribution in [3.05, 3.63) is 64.1 Å². The quantitative estimate of drug-likeness (QED) is 0.724. The van der Waals surface area contributed by atoms with Gasteiger partial charge < -0.3 is 5.73 Å². The Morgan fingerprint density at radius 3 is 2.31 bits per heavy atom. The topological polar surface area (TPSA) is 89.3 Å². The number of carbonyl (C=O) groups is 1. The number of rotatable bonds is 6. The maximum atomic E-state index is 12.7. The average Bonchev–Trinajstić information content (AvgIpc) is 2.51. The molecule has 0 spiro atoms. The van der Waals surface area contributed by atoms with E-state index in [9.17, 15) is 13.2 Å².